The fourth-order valence-electron chi connectivity index (χ4n) is 9.32. The molecular weight excluding hydrogens is 654 g/mol. The highest BCUT2D eigenvalue weighted by molar-refractivity contribution is 7.63. The predicted octanol–water partition coefficient (Wildman–Crippen LogP) is 9.46. The van der Waals surface area contributed by atoms with Gasteiger partial charge in [0, 0.05) is 22.6 Å². The molecule has 262 valence electrons. The van der Waals surface area contributed by atoms with Gasteiger partial charge in [-0.3, -0.25) is 0 Å². The van der Waals surface area contributed by atoms with E-state index in [9.17, 15) is 0 Å². The van der Waals surface area contributed by atoms with Crippen molar-refractivity contribution < 1.29 is 18.9 Å². The minimum atomic E-state index is -0.559. The lowest BCUT2D eigenvalue weighted by Gasteiger charge is -2.35. The Kier molecular flexibility index (Phi) is 10.1. The summed E-state index contributed by atoms with van der Waals surface area (Å²) < 4.78 is 27.5. The van der Waals surface area contributed by atoms with E-state index in [1.807, 2.05) is 0 Å². The molecule has 4 fully saturated rings. The highest BCUT2D eigenvalue weighted by Crippen LogP contribution is 2.67. The van der Waals surface area contributed by atoms with E-state index in [0.29, 0.717) is 22.6 Å². The van der Waals surface area contributed by atoms with Gasteiger partial charge in [-0.25, -0.2) is 0 Å². The Balaban J connectivity index is 1.14. The molecule has 4 aromatic rings. The van der Waals surface area contributed by atoms with Gasteiger partial charge < -0.3 is 18.9 Å². The zero-order valence-corrected chi connectivity index (χ0v) is 31.7. The molecule has 0 saturated carbocycles. The first-order chi connectivity index (χ1) is 24.2. The Hall–Kier alpha value is -2.42. The summed E-state index contributed by atoms with van der Waals surface area (Å²) in [6.45, 7) is 8.43. The largest absolute Gasteiger partial charge is 0.344 e. The molecule has 0 aromatic heterocycles. The van der Waals surface area contributed by atoms with Crippen molar-refractivity contribution in [1.29, 1.82) is 0 Å². The molecule has 0 amide bonds. The first kappa shape index (κ1) is 34.7. The van der Waals surface area contributed by atoms with Gasteiger partial charge in [-0.15, -0.1) is 0 Å². The smallest absolute Gasteiger partial charge is 0.163 e. The normalized spacial score (nSPS) is 33.7. The molecule has 4 heterocycles. The van der Waals surface area contributed by atoms with Crippen molar-refractivity contribution >= 4 is 15.8 Å². The van der Waals surface area contributed by atoms with Crippen LogP contribution >= 0.6 is 15.8 Å². The maximum atomic E-state index is 6.87. The summed E-state index contributed by atoms with van der Waals surface area (Å²) in [7, 11) is -0.832. The second kappa shape index (κ2) is 14.5. The summed E-state index contributed by atoms with van der Waals surface area (Å²) in [5.41, 5.74) is 7.46. The standard InChI is InChI=1S/C44H52O4P2/c1-43(2)45-39-35(27-31-17-9-5-10-18-31)49(36(40(39)46-43)28-32-19-11-6-12-20-32)25-26-50-37(29-33-21-13-7-14-22-33)41-42(48-44(3,4)47-41)38(50)30-34-23-15-8-16-24-34/h5-24,35-42H,25-30H2,1-4H3. The minimum Gasteiger partial charge on any atom is -0.344 e. The van der Waals surface area contributed by atoms with Gasteiger partial charge in [0.1, 0.15) is 0 Å². The molecule has 4 aromatic carbocycles. The Bertz CT molecular complexity index is 1440. The van der Waals surface area contributed by atoms with Crippen molar-refractivity contribution in [2.75, 3.05) is 12.3 Å². The molecule has 4 nitrogen and oxygen atoms in total. The molecule has 0 bridgehead atoms. The van der Waals surface area contributed by atoms with Crippen LogP contribution in [0.5, 0.6) is 0 Å². The lowest BCUT2D eigenvalue weighted by Crippen LogP contribution is -2.31. The first-order valence-electron chi connectivity index (χ1n) is 18.6. The summed E-state index contributed by atoms with van der Waals surface area (Å²) in [6, 6.07) is 44.4. The van der Waals surface area contributed by atoms with Crippen LogP contribution in [0, 0.1) is 0 Å². The third-order valence-electron chi connectivity index (χ3n) is 11.3. The van der Waals surface area contributed by atoms with Gasteiger partial charge >= 0.3 is 0 Å². The number of ether oxygens (including phenoxy) is 4. The molecule has 0 spiro atoms. The van der Waals surface area contributed by atoms with E-state index in [2.05, 4.69) is 149 Å². The summed E-state index contributed by atoms with van der Waals surface area (Å²) >= 11 is 0. The van der Waals surface area contributed by atoms with Crippen LogP contribution in [0.4, 0.5) is 0 Å². The molecule has 0 radical (unpaired) electrons. The van der Waals surface area contributed by atoms with Crippen LogP contribution in [-0.4, -0.2) is 70.9 Å². The highest BCUT2D eigenvalue weighted by atomic mass is 31.1. The Morgan fingerprint density at radius 3 is 0.820 bits per heavy atom. The number of fused-ring (bicyclic) bond motifs is 2. The SMILES string of the molecule is CC1(C)OC2C(O1)C(Cc1ccccc1)P(CCP1C(Cc3ccccc3)C3OC(C)(C)OC3C1Cc1ccccc1)C2Cc1ccccc1. The van der Waals surface area contributed by atoms with Crippen LogP contribution in [-0.2, 0) is 44.6 Å². The molecule has 8 atom stereocenters. The molecule has 8 unspecified atom stereocenters. The van der Waals surface area contributed by atoms with Crippen molar-refractivity contribution in [3.05, 3.63) is 144 Å². The molecular formula is C44H52O4P2. The van der Waals surface area contributed by atoms with Crippen molar-refractivity contribution in [1.82, 2.24) is 0 Å². The quantitative estimate of drug-likeness (QED) is 0.146. The summed E-state index contributed by atoms with van der Waals surface area (Å²) in [4.78, 5) is 0. The Morgan fingerprint density at radius 2 is 0.600 bits per heavy atom. The molecule has 0 aliphatic carbocycles. The fourth-order valence-corrected chi connectivity index (χ4v) is 17.7. The number of hydrogen-bond donors (Lipinski definition) is 0. The van der Waals surface area contributed by atoms with Gasteiger partial charge in [-0.2, -0.15) is 0 Å². The zero-order chi connectivity index (χ0) is 34.3. The average Bonchev–Trinajstić information content (AvgIpc) is 3.77. The Labute approximate surface area is 301 Å². The maximum absolute atomic E-state index is 6.87. The molecule has 6 heteroatoms. The maximum Gasteiger partial charge on any atom is 0.163 e. The van der Waals surface area contributed by atoms with Crippen molar-refractivity contribution in [3.8, 4) is 0 Å². The number of benzene rings is 4. The van der Waals surface area contributed by atoms with Crippen molar-refractivity contribution in [3.63, 3.8) is 0 Å². The van der Waals surface area contributed by atoms with Crippen LogP contribution in [0.15, 0.2) is 121 Å². The van der Waals surface area contributed by atoms with Crippen LogP contribution < -0.4 is 0 Å². The van der Waals surface area contributed by atoms with Crippen LogP contribution in [0.25, 0.3) is 0 Å². The molecule has 4 aliphatic rings. The number of rotatable bonds is 11. The van der Waals surface area contributed by atoms with E-state index >= 15 is 0 Å². The topological polar surface area (TPSA) is 36.9 Å². The van der Waals surface area contributed by atoms with E-state index < -0.39 is 27.4 Å². The van der Waals surface area contributed by atoms with Crippen LogP contribution in [0.3, 0.4) is 0 Å². The molecule has 50 heavy (non-hydrogen) atoms. The third kappa shape index (κ3) is 7.41. The van der Waals surface area contributed by atoms with E-state index in [4.69, 9.17) is 18.9 Å². The minimum absolute atomic E-state index is 0.119. The van der Waals surface area contributed by atoms with Gasteiger partial charge in [0.15, 0.2) is 11.6 Å². The van der Waals surface area contributed by atoms with Gasteiger partial charge in [-0.05, 0) is 88.0 Å². The number of hydrogen-bond acceptors (Lipinski definition) is 4. The average molecular weight is 707 g/mol. The van der Waals surface area contributed by atoms with E-state index in [1.54, 1.807) is 0 Å². The van der Waals surface area contributed by atoms with E-state index in [1.165, 1.54) is 34.6 Å². The highest BCUT2D eigenvalue weighted by Gasteiger charge is 2.60. The van der Waals surface area contributed by atoms with E-state index in [-0.39, 0.29) is 24.4 Å². The van der Waals surface area contributed by atoms with Crippen LogP contribution in [0.2, 0.25) is 0 Å². The van der Waals surface area contributed by atoms with Crippen molar-refractivity contribution in [2.45, 2.75) is 112 Å². The predicted molar refractivity (Wildman–Crippen MR) is 207 cm³/mol. The molecule has 4 aliphatic heterocycles. The monoisotopic (exact) mass is 706 g/mol. The zero-order valence-electron chi connectivity index (χ0n) is 29.9. The third-order valence-corrected chi connectivity index (χ3v) is 18.5. The summed E-state index contributed by atoms with van der Waals surface area (Å²) in [6.07, 6.45) is 7.12. The van der Waals surface area contributed by atoms with Gasteiger partial charge in [-0.1, -0.05) is 137 Å². The second-order valence-corrected chi connectivity index (χ2v) is 21.2. The molecule has 0 N–H and O–H groups in total. The Morgan fingerprint density at radius 1 is 0.380 bits per heavy atom. The van der Waals surface area contributed by atoms with Crippen molar-refractivity contribution in [2.24, 2.45) is 0 Å². The van der Waals surface area contributed by atoms with E-state index in [0.717, 1.165) is 25.7 Å². The second-order valence-electron chi connectivity index (χ2n) is 15.6. The molecule has 4 saturated heterocycles. The van der Waals surface area contributed by atoms with Gasteiger partial charge in [0.25, 0.3) is 0 Å². The van der Waals surface area contributed by atoms with Gasteiger partial charge in [0.2, 0.25) is 0 Å². The summed E-state index contributed by atoms with van der Waals surface area (Å²) in [5, 5.41) is 0. The fraction of sp³-hybridized carbons (Fsp3) is 0.455. The van der Waals surface area contributed by atoms with Crippen LogP contribution in [0.1, 0.15) is 49.9 Å². The summed E-state index contributed by atoms with van der Waals surface area (Å²) in [5.74, 6) is -1.12. The first-order valence-corrected chi connectivity index (χ1v) is 21.9. The molecule has 8 rings (SSSR count). The van der Waals surface area contributed by atoms with Gasteiger partial charge in [0.05, 0.1) is 24.4 Å². The lowest BCUT2D eigenvalue weighted by molar-refractivity contribution is -0.148. The lowest BCUT2D eigenvalue weighted by atomic mass is 9.99.